The average molecular weight is 165 g/mol. The second-order valence-corrected chi connectivity index (χ2v) is 3.34. The lowest BCUT2D eigenvalue weighted by Crippen LogP contribution is -2.02. The molecule has 0 aliphatic heterocycles. The number of rotatable bonds is 4. The van der Waals surface area contributed by atoms with Crippen LogP contribution in [0.1, 0.15) is 27.7 Å². The van der Waals surface area contributed by atoms with Gasteiger partial charge in [0.25, 0.3) is 0 Å². The highest BCUT2D eigenvalue weighted by Gasteiger charge is 2.00. The minimum Gasteiger partial charge on any atom is -0.294 e. The summed E-state index contributed by atoms with van der Waals surface area (Å²) < 4.78 is 0. The topological polar surface area (TPSA) is 12.4 Å². The van der Waals surface area contributed by atoms with E-state index in [1.54, 1.807) is 0 Å². The summed E-state index contributed by atoms with van der Waals surface area (Å²) in [6.07, 6.45) is 3.87. The predicted molar refractivity (Wildman–Crippen MR) is 56.8 cm³/mol. The Hall–Kier alpha value is -0.850. The van der Waals surface area contributed by atoms with E-state index in [1.807, 2.05) is 26.0 Å². The largest absolute Gasteiger partial charge is 0.294 e. The van der Waals surface area contributed by atoms with Gasteiger partial charge in [0.05, 0.1) is 0 Å². The van der Waals surface area contributed by atoms with Crippen LogP contribution >= 0.6 is 0 Å². The van der Waals surface area contributed by atoms with Crippen molar-refractivity contribution in [2.75, 3.05) is 6.54 Å². The van der Waals surface area contributed by atoms with E-state index in [1.165, 1.54) is 5.57 Å². The number of allylic oxidation sites excluding steroid dienone is 2. The second-order valence-electron chi connectivity index (χ2n) is 3.34. The van der Waals surface area contributed by atoms with Crippen LogP contribution in [-0.4, -0.2) is 12.3 Å². The van der Waals surface area contributed by atoms with Crippen LogP contribution in [0.15, 0.2) is 29.3 Å². The molecule has 0 bridgehead atoms. The van der Waals surface area contributed by atoms with Crippen LogP contribution in [0.3, 0.4) is 0 Å². The molecule has 0 unspecified atom stereocenters. The fourth-order valence-corrected chi connectivity index (χ4v) is 0.814. The SMILES string of the molecule is C=C/C=C(\C)[C@@H](C)CN=C(C)C. The van der Waals surface area contributed by atoms with E-state index < -0.39 is 0 Å². The van der Waals surface area contributed by atoms with E-state index in [2.05, 4.69) is 25.4 Å². The van der Waals surface area contributed by atoms with E-state index >= 15 is 0 Å². The molecule has 0 aromatic rings. The van der Waals surface area contributed by atoms with Gasteiger partial charge in [-0.2, -0.15) is 0 Å². The van der Waals surface area contributed by atoms with E-state index in [0.717, 1.165) is 12.3 Å². The van der Waals surface area contributed by atoms with Crippen molar-refractivity contribution in [3.63, 3.8) is 0 Å². The molecule has 1 heteroatoms. The van der Waals surface area contributed by atoms with Gasteiger partial charge in [-0.1, -0.05) is 31.2 Å². The number of hydrogen-bond acceptors (Lipinski definition) is 1. The van der Waals surface area contributed by atoms with Gasteiger partial charge in [0.1, 0.15) is 0 Å². The molecule has 0 rings (SSSR count). The summed E-state index contributed by atoms with van der Waals surface area (Å²) in [5.41, 5.74) is 2.49. The molecular formula is C11H19N. The molecule has 0 aliphatic carbocycles. The Labute approximate surface area is 75.9 Å². The van der Waals surface area contributed by atoms with Crippen molar-refractivity contribution in [2.45, 2.75) is 27.7 Å². The van der Waals surface area contributed by atoms with Crippen molar-refractivity contribution in [2.24, 2.45) is 10.9 Å². The van der Waals surface area contributed by atoms with Crippen molar-refractivity contribution in [1.82, 2.24) is 0 Å². The molecule has 0 fully saturated rings. The van der Waals surface area contributed by atoms with Crippen LogP contribution in [0.2, 0.25) is 0 Å². The maximum Gasteiger partial charge on any atom is 0.0451 e. The van der Waals surface area contributed by atoms with Gasteiger partial charge in [-0.05, 0) is 26.7 Å². The average Bonchev–Trinajstić information content (AvgIpc) is 2.00. The first-order chi connectivity index (χ1) is 5.57. The van der Waals surface area contributed by atoms with Crippen molar-refractivity contribution < 1.29 is 0 Å². The third-order valence-corrected chi connectivity index (χ3v) is 1.84. The number of nitrogens with zero attached hydrogens (tertiary/aromatic N) is 1. The normalized spacial score (nSPS) is 13.8. The highest BCUT2D eigenvalue weighted by atomic mass is 14.7. The van der Waals surface area contributed by atoms with Crippen molar-refractivity contribution in [3.05, 3.63) is 24.3 Å². The molecule has 0 aromatic heterocycles. The minimum absolute atomic E-state index is 0.526. The van der Waals surface area contributed by atoms with Crippen LogP contribution in [0.25, 0.3) is 0 Å². The van der Waals surface area contributed by atoms with E-state index in [0.29, 0.717) is 5.92 Å². The lowest BCUT2D eigenvalue weighted by atomic mass is 10.0. The minimum atomic E-state index is 0.526. The van der Waals surface area contributed by atoms with Gasteiger partial charge in [-0.25, -0.2) is 0 Å². The summed E-state index contributed by atoms with van der Waals surface area (Å²) in [6, 6.07) is 0. The molecule has 0 heterocycles. The first-order valence-electron chi connectivity index (χ1n) is 4.34. The summed E-state index contributed by atoms with van der Waals surface area (Å²) in [5.74, 6) is 0.526. The quantitative estimate of drug-likeness (QED) is 0.448. The van der Waals surface area contributed by atoms with Gasteiger partial charge in [0.15, 0.2) is 0 Å². The Morgan fingerprint density at radius 2 is 2.00 bits per heavy atom. The zero-order valence-electron chi connectivity index (χ0n) is 8.59. The Balaban J connectivity index is 4.04. The molecule has 0 spiro atoms. The van der Waals surface area contributed by atoms with Crippen molar-refractivity contribution in [3.8, 4) is 0 Å². The third kappa shape index (κ3) is 4.89. The first kappa shape index (κ1) is 11.2. The standard InChI is InChI=1S/C11H19N/c1-6-7-10(4)11(5)8-12-9(2)3/h6-7,11H,1,8H2,2-5H3/b10-7+/t11-/m0/s1. The van der Waals surface area contributed by atoms with Gasteiger partial charge in [-0.15, -0.1) is 0 Å². The molecule has 1 nitrogen and oxygen atoms in total. The Morgan fingerprint density at radius 1 is 1.42 bits per heavy atom. The molecule has 68 valence electrons. The lowest BCUT2D eigenvalue weighted by Gasteiger charge is -2.08. The molecule has 0 aromatic carbocycles. The summed E-state index contributed by atoms with van der Waals surface area (Å²) in [5, 5.41) is 0. The smallest absolute Gasteiger partial charge is 0.0451 e. The summed E-state index contributed by atoms with van der Waals surface area (Å²) in [4.78, 5) is 4.37. The van der Waals surface area contributed by atoms with Crippen LogP contribution in [0, 0.1) is 5.92 Å². The van der Waals surface area contributed by atoms with Crippen LogP contribution in [0.4, 0.5) is 0 Å². The van der Waals surface area contributed by atoms with Crippen LogP contribution in [-0.2, 0) is 0 Å². The Morgan fingerprint density at radius 3 is 2.42 bits per heavy atom. The maximum atomic E-state index is 4.37. The Bertz CT molecular complexity index is 195. The molecule has 12 heavy (non-hydrogen) atoms. The van der Waals surface area contributed by atoms with Gasteiger partial charge in [-0.3, -0.25) is 4.99 Å². The first-order valence-corrected chi connectivity index (χ1v) is 4.34. The zero-order valence-corrected chi connectivity index (χ0v) is 8.59. The lowest BCUT2D eigenvalue weighted by molar-refractivity contribution is 0.695. The van der Waals surface area contributed by atoms with E-state index in [-0.39, 0.29) is 0 Å². The molecule has 0 aliphatic rings. The highest BCUT2D eigenvalue weighted by Crippen LogP contribution is 2.09. The van der Waals surface area contributed by atoms with E-state index in [9.17, 15) is 0 Å². The van der Waals surface area contributed by atoms with Crippen LogP contribution < -0.4 is 0 Å². The molecule has 0 amide bonds. The summed E-state index contributed by atoms with van der Waals surface area (Å²) >= 11 is 0. The van der Waals surface area contributed by atoms with Crippen LogP contribution in [0.5, 0.6) is 0 Å². The van der Waals surface area contributed by atoms with Gasteiger partial charge >= 0.3 is 0 Å². The maximum absolute atomic E-state index is 4.37. The summed E-state index contributed by atoms with van der Waals surface area (Å²) in [6.45, 7) is 12.9. The highest BCUT2D eigenvalue weighted by molar-refractivity contribution is 5.79. The fraction of sp³-hybridized carbons (Fsp3) is 0.545. The Kier molecular flexibility index (Phi) is 5.35. The number of hydrogen-bond donors (Lipinski definition) is 0. The van der Waals surface area contributed by atoms with Crippen molar-refractivity contribution >= 4 is 5.71 Å². The molecule has 0 radical (unpaired) electrons. The predicted octanol–water partition coefficient (Wildman–Crippen LogP) is 3.24. The van der Waals surface area contributed by atoms with Gasteiger partial charge in [0, 0.05) is 12.3 Å². The monoisotopic (exact) mass is 165 g/mol. The second kappa shape index (κ2) is 5.76. The fourth-order valence-electron chi connectivity index (χ4n) is 0.814. The van der Waals surface area contributed by atoms with Crippen molar-refractivity contribution in [1.29, 1.82) is 0 Å². The zero-order chi connectivity index (χ0) is 9.56. The molecule has 1 atom stereocenters. The number of aliphatic imine (C=N–C) groups is 1. The molecule has 0 N–H and O–H groups in total. The van der Waals surface area contributed by atoms with Gasteiger partial charge in [0.2, 0.25) is 0 Å². The summed E-state index contributed by atoms with van der Waals surface area (Å²) in [7, 11) is 0. The molecule has 0 saturated carbocycles. The van der Waals surface area contributed by atoms with Gasteiger partial charge < -0.3 is 0 Å². The van der Waals surface area contributed by atoms with E-state index in [4.69, 9.17) is 0 Å². The molecular weight excluding hydrogens is 146 g/mol. The third-order valence-electron chi connectivity index (χ3n) is 1.84. The molecule has 0 saturated heterocycles.